The van der Waals surface area contributed by atoms with Gasteiger partial charge in [-0.25, -0.2) is 16.8 Å². The number of hydrogen-bond acceptors (Lipinski definition) is 10. The Morgan fingerprint density at radius 3 is 1.35 bits per heavy atom. The molecule has 0 aliphatic carbocycles. The standard InChI is InChI=1S/C32H38N2O8S4/c1-25-3-7-27(8-4-25)45(35,36)33-13-15-39-16-14-34(46(37,38)28-9-5-26(2)6-10-28)24-32-30(12-22-44-32)42-20-18-40-17-19-41-29-11-21-43-31(29)23-33/h3-12,21-22H,13-20,23-24H2,1-2H3. The Morgan fingerprint density at radius 1 is 0.543 bits per heavy atom. The molecule has 2 aromatic heterocycles. The van der Waals surface area contributed by atoms with Crippen molar-refractivity contribution in [1.29, 1.82) is 0 Å². The smallest absolute Gasteiger partial charge is 0.243 e. The second kappa shape index (κ2) is 15.8. The molecule has 46 heavy (non-hydrogen) atoms. The van der Waals surface area contributed by atoms with E-state index in [0.29, 0.717) is 24.7 Å². The molecule has 0 atom stereocenters. The highest BCUT2D eigenvalue weighted by atomic mass is 32.2. The summed E-state index contributed by atoms with van der Waals surface area (Å²) in [6.07, 6.45) is 0. The SMILES string of the molecule is Cc1ccc(S(=O)(=O)N2CCOCCN(S(=O)(=O)c3ccc(C)cc3)Cc3sccc3OCCOCCOc3ccsc3C2)cc1. The Hall–Kier alpha value is -2.82. The Morgan fingerprint density at radius 2 is 0.935 bits per heavy atom. The van der Waals surface area contributed by atoms with Crippen LogP contribution in [0.15, 0.2) is 81.2 Å². The summed E-state index contributed by atoms with van der Waals surface area (Å²) < 4.78 is 81.5. The third-order valence-electron chi connectivity index (χ3n) is 7.31. The summed E-state index contributed by atoms with van der Waals surface area (Å²) >= 11 is 2.82. The molecule has 1 aliphatic rings. The van der Waals surface area contributed by atoms with E-state index in [-0.39, 0.29) is 62.4 Å². The van der Waals surface area contributed by atoms with E-state index < -0.39 is 20.0 Å². The Labute approximate surface area is 279 Å². The molecule has 4 aromatic rings. The fourth-order valence-corrected chi connectivity index (χ4v) is 9.32. The Bertz CT molecular complexity index is 1640. The van der Waals surface area contributed by atoms with Crippen LogP contribution >= 0.6 is 22.7 Å². The van der Waals surface area contributed by atoms with Crippen LogP contribution < -0.4 is 9.47 Å². The van der Waals surface area contributed by atoms with E-state index in [1.54, 1.807) is 48.5 Å². The zero-order chi connectivity index (χ0) is 32.6. The molecular formula is C32H38N2O8S4. The lowest BCUT2D eigenvalue weighted by Crippen LogP contribution is -2.36. The lowest BCUT2D eigenvalue weighted by molar-refractivity contribution is 0.0757. The van der Waals surface area contributed by atoms with Gasteiger partial charge in [0.1, 0.15) is 24.7 Å². The number of nitrogens with zero attached hydrogens (tertiary/aromatic N) is 2. The maximum absolute atomic E-state index is 13.8. The molecule has 14 heteroatoms. The number of hydrogen-bond donors (Lipinski definition) is 0. The molecule has 2 aromatic carbocycles. The van der Waals surface area contributed by atoms with Gasteiger partial charge in [0.25, 0.3) is 0 Å². The highest BCUT2D eigenvalue weighted by molar-refractivity contribution is 7.89. The molecule has 0 amide bonds. The van der Waals surface area contributed by atoms with Gasteiger partial charge >= 0.3 is 0 Å². The first-order chi connectivity index (χ1) is 22.1. The van der Waals surface area contributed by atoms with Crippen molar-refractivity contribution in [2.45, 2.75) is 36.7 Å². The van der Waals surface area contributed by atoms with Gasteiger partial charge in [-0.15, -0.1) is 22.7 Å². The summed E-state index contributed by atoms with van der Waals surface area (Å²) in [6.45, 7) is 5.44. The molecular weight excluding hydrogens is 669 g/mol. The quantitative estimate of drug-likeness (QED) is 0.281. The predicted molar refractivity (Wildman–Crippen MR) is 179 cm³/mol. The largest absolute Gasteiger partial charge is 0.490 e. The van der Waals surface area contributed by atoms with Gasteiger partial charge in [-0.2, -0.15) is 8.61 Å². The minimum atomic E-state index is -3.88. The number of ether oxygens (including phenoxy) is 4. The molecule has 248 valence electrons. The van der Waals surface area contributed by atoms with E-state index in [0.717, 1.165) is 20.9 Å². The van der Waals surface area contributed by atoms with Gasteiger partial charge in [0.15, 0.2) is 0 Å². The van der Waals surface area contributed by atoms with Gasteiger partial charge in [0, 0.05) is 13.1 Å². The monoisotopic (exact) mass is 706 g/mol. The van der Waals surface area contributed by atoms with E-state index in [9.17, 15) is 16.8 Å². The molecule has 3 heterocycles. The van der Waals surface area contributed by atoms with E-state index in [1.165, 1.54) is 31.3 Å². The minimum absolute atomic E-state index is 0.0598. The summed E-state index contributed by atoms with van der Waals surface area (Å²) in [5.74, 6) is 1.20. The van der Waals surface area contributed by atoms with Gasteiger partial charge in [-0.05, 0) is 61.0 Å². The van der Waals surface area contributed by atoms with Crippen molar-refractivity contribution in [3.8, 4) is 11.5 Å². The number of rotatable bonds is 4. The normalized spacial score (nSPS) is 17.3. The average Bonchev–Trinajstić information content (AvgIpc) is 3.68. The fourth-order valence-electron chi connectivity index (χ4n) is 4.71. The molecule has 0 spiro atoms. The third-order valence-corrected chi connectivity index (χ3v) is 12.8. The molecule has 0 N–H and O–H groups in total. The first-order valence-electron chi connectivity index (χ1n) is 14.8. The second-order valence-electron chi connectivity index (χ2n) is 10.6. The van der Waals surface area contributed by atoms with E-state index >= 15 is 0 Å². The molecule has 5 rings (SSSR count). The van der Waals surface area contributed by atoms with Crippen LogP contribution in [0.4, 0.5) is 0 Å². The van der Waals surface area contributed by atoms with Crippen LogP contribution in [0.3, 0.4) is 0 Å². The lowest BCUT2D eigenvalue weighted by atomic mass is 10.2. The highest BCUT2D eigenvalue weighted by Crippen LogP contribution is 2.30. The van der Waals surface area contributed by atoms with Crippen molar-refractivity contribution in [3.05, 3.63) is 92.3 Å². The fraction of sp³-hybridized carbons (Fsp3) is 0.375. The first kappa shape index (κ1) is 34.5. The third kappa shape index (κ3) is 8.75. The van der Waals surface area contributed by atoms with Crippen LogP contribution in [-0.4, -0.2) is 78.2 Å². The zero-order valence-corrected chi connectivity index (χ0v) is 29.1. The summed E-state index contributed by atoms with van der Waals surface area (Å²) in [7, 11) is -7.75. The van der Waals surface area contributed by atoms with Crippen LogP contribution in [0.25, 0.3) is 0 Å². The zero-order valence-electron chi connectivity index (χ0n) is 25.8. The topological polar surface area (TPSA) is 112 Å². The van der Waals surface area contributed by atoms with Crippen LogP contribution in [-0.2, 0) is 42.6 Å². The minimum Gasteiger partial charge on any atom is -0.490 e. The number of fused-ring (bicyclic) bond motifs is 2. The van der Waals surface area contributed by atoms with E-state index in [2.05, 4.69) is 0 Å². The molecule has 0 bridgehead atoms. The Balaban J connectivity index is 1.38. The molecule has 10 nitrogen and oxygen atoms in total. The number of aryl methyl sites for hydroxylation is 2. The van der Waals surface area contributed by atoms with E-state index in [1.807, 2.05) is 36.7 Å². The van der Waals surface area contributed by atoms with E-state index in [4.69, 9.17) is 18.9 Å². The van der Waals surface area contributed by atoms with Gasteiger partial charge < -0.3 is 18.9 Å². The van der Waals surface area contributed by atoms with Gasteiger partial charge in [-0.3, -0.25) is 0 Å². The van der Waals surface area contributed by atoms with Gasteiger partial charge in [-0.1, -0.05) is 35.4 Å². The van der Waals surface area contributed by atoms with Crippen molar-refractivity contribution < 1.29 is 35.8 Å². The second-order valence-corrected chi connectivity index (χ2v) is 16.5. The van der Waals surface area contributed by atoms with Crippen molar-refractivity contribution in [3.63, 3.8) is 0 Å². The summed E-state index contributed by atoms with van der Waals surface area (Å²) in [5.41, 5.74) is 1.91. The molecule has 1 aliphatic heterocycles. The average molecular weight is 707 g/mol. The van der Waals surface area contributed by atoms with Crippen molar-refractivity contribution in [1.82, 2.24) is 8.61 Å². The van der Waals surface area contributed by atoms with Crippen molar-refractivity contribution in [2.75, 3.05) is 52.7 Å². The van der Waals surface area contributed by atoms with Crippen molar-refractivity contribution >= 4 is 42.7 Å². The predicted octanol–water partition coefficient (Wildman–Crippen LogP) is 5.31. The highest BCUT2D eigenvalue weighted by Gasteiger charge is 2.28. The lowest BCUT2D eigenvalue weighted by Gasteiger charge is -2.24. The van der Waals surface area contributed by atoms with Crippen LogP contribution in [0, 0.1) is 13.8 Å². The number of sulfonamides is 2. The first-order valence-corrected chi connectivity index (χ1v) is 19.5. The van der Waals surface area contributed by atoms with Gasteiger partial charge in [0.05, 0.1) is 59.1 Å². The summed E-state index contributed by atoms with van der Waals surface area (Å²) in [4.78, 5) is 1.89. The van der Waals surface area contributed by atoms with Crippen LogP contribution in [0.5, 0.6) is 11.5 Å². The molecule has 0 unspecified atom stereocenters. The molecule has 0 saturated heterocycles. The van der Waals surface area contributed by atoms with Crippen LogP contribution in [0.1, 0.15) is 20.9 Å². The summed E-state index contributed by atoms with van der Waals surface area (Å²) in [6, 6.07) is 17.1. The molecule has 0 fully saturated rings. The Kier molecular flexibility index (Phi) is 11.9. The van der Waals surface area contributed by atoms with Crippen LogP contribution in [0.2, 0.25) is 0 Å². The maximum Gasteiger partial charge on any atom is 0.243 e. The molecule has 0 saturated carbocycles. The van der Waals surface area contributed by atoms with Crippen molar-refractivity contribution in [2.24, 2.45) is 0 Å². The maximum atomic E-state index is 13.8. The number of thiophene rings is 2. The summed E-state index contributed by atoms with van der Waals surface area (Å²) in [5, 5.41) is 3.73. The van der Waals surface area contributed by atoms with Gasteiger partial charge in [0.2, 0.25) is 20.0 Å². The molecule has 0 radical (unpaired) electrons. The number of benzene rings is 2.